The molecule has 0 amide bonds. The van der Waals surface area contributed by atoms with Crippen molar-refractivity contribution in [2.24, 2.45) is 5.92 Å². The van der Waals surface area contributed by atoms with Gasteiger partial charge in [-0.1, -0.05) is 47.6 Å². The van der Waals surface area contributed by atoms with Crippen molar-refractivity contribution < 1.29 is 48.0 Å². The maximum atomic E-state index is 13.9. The first-order valence-electron chi connectivity index (χ1n) is 15.6. The van der Waals surface area contributed by atoms with Crippen LogP contribution in [0, 0.1) is 12.8 Å². The maximum absolute atomic E-state index is 13.9. The van der Waals surface area contributed by atoms with Crippen molar-refractivity contribution in [1.82, 2.24) is 0 Å². The quantitative estimate of drug-likeness (QED) is 0.328. The SMILES string of the molecule is Cc1cc2c(CO)c3c(c4c2c(c1C1OC2(C(CO)CO)OC1C(=O)C21CO1)O[Si](C(C)(C)C)(C(C)(C)C)O4)C(=O)CCC3. The minimum atomic E-state index is -3.34. The lowest BCUT2D eigenvalue weighted by Crippen LogP contribution is -2.63. The van der Waals surface area contributed by atoms with E-state index >= 15 is 0 Å². The average molecular weight is 627 g/mol. The molecule has 238 valence electrons. The molecular formula is C33H42O10Si. The van der Waals surface area contributed by atoms with Crippen molar-refractivity contribution >= 4 is 30.9 Å². The number of benzene rings is 2. The summed E-state index contributed by atoms with van der Waals surface area (Å²) < 4.78 is 33.1. The molecule has 2 bridgehead atoms. The van der Waals surface area contributed by atoms with Crippen LogP contribution in [0.25, 0.3) is 10.8 Å². The van der Waals surface area contributed by atoms with Crippen LogP contribution in [0.2, 0.25) is 10.1 Å². The number of carbonyl (C=O) groups is 2. The minimum absolute atomic E-state index is 0.0197. The van der Waals surface area contributed by atoms with E-state index in [1.165, 1.54) is 0 Å². The van der Waals surface area contributed by atoms with Gasteiger partial charge in [-0.05, 0) is 41.8 Å². The molecule has 4 heterocycles. The lowest BCUT2D eigenvalue weighted by Gasteiger charge is -2.51. The van der Waals surface area contributed by atoms with E-state index in [0.29, 0.717) is 52.8 Å². The summed E-state index contributed by atoms with van der Waals surface area (Å²) in [7, 11) is -3.34. The number of aliphatic hydroxyl groups is 3. The van der Waals surface area contributed by atoms with Gasteiger partial charge in [0.2, 0.25) is 17.2 Å². The first kappa shape index (κ1) is 30.3. The monoisotopic (exact) mass is 626 g/mol. The Morgan fingerprint density at radius 3 is 2.14 bits per heavy atom. The highest BCUT2D eigenvalue weighted by Gasteiger charge is 2.83. The summed E-state index contributed by atoms with van der Waals surface area (Å²) in [5, 5.41) is 31.5. The summed E-state index contributed by atoms with van der Waals surface area (Å²) >= 11 is 0. The van der Waals surface area contributed by atoms with Gasteiger partial charge in [0, 0.05) is 22.1 Å². The molecule has 0 aromatic heterocycles. The number of hydrogen-bond acceptors (Lipinski definition) is 10. The van der Waals surface area contributed by atoms with Gasteiger partial charge in [-0.3, -0.25) is 9.59 Å². The number of hydrogen-bond donors (Lipinski definition) is 3. The summed E-state index contributed by atoms with van der Waals surface area (Å²) in [6, 6.07) is 1.95. The fourth-order valence-corrected chi connectivity index (χ4v) is 13.0. The molecule has 2 aromatic carbocycles. The molecule has 3 fully saturated rings. The van der Waals surface area contributed by atoms with Crippen molar-refractivity contribution in [3.05, 3.63) is 33.9 Å². The van der Waals surface area contributed by atoms with Gasteiger partial charge in [0.25, 0.3) is 0 Å². The van der Waals surface area contributed by atoms with Gasteiger partial charge in [-0.25, -0.2) is 0 Å². The predicted octanol–water partition coefficient (Wildman–Crippen LogP) is 4.08. The smallest absolute Gasteiger partial charge is 0.471 e. The molecule has 5 aliphatic rings. The molecule has 1 spiro atoms. The van der Waals surface area contributed by atoms with Crippen molar-refractivity contribution in [2.45, 2.75) is 108 Å². The van der Waals surface area contributed by atoms with E-state index in [4.69, 9.17) is 23.1 Å². The number of aliphatic hydroxyl groups excluding tert-OH is 3. The van der Waals surface area contributed by atoms with E-state index in [-0.39, 0.29) is 24.8 Å². The van der Waals surface area contributed by atoms with Crippen molar-refractivity contribution in [3.63, 3.8) is 0 Å². The molecule has 4 atom stereocenters. The summed E-state index contributed by atoms with van der Waals surface area (Å²) in [5.41, 5.74) is 2.02. The largest absolute Gasteiger partial charge is 0.510 e. The summed E-state index contributed by atoms with van der Waals surface area (Å²) in [5.74, 6) is -1.90. The molecule has 1 aliphatic carbocycles. The molecule has 2 aromatic rings. The Morgan fingerprint density at radius 1 is 0.955 bits per heavy atom. The normalized spacial score (nSPS) is 30.2. The van der Waals surface area contributed by atoms with Crippen molar-refractivity contribution in [3.8, 4) is 11.5 Å². The average Bonchev–Trinajstić information content (AvgIpc) is 3.61. The van der Waals surface area contributed by atoms with E-state index in [9.17, 15) is 24.9 Å². The van der Waals surface area contributed by atoms with E-state index in [1.807, 2.05) is 13.0 Å². The number of ether oxygens (including phenoxy) is 3. The Morgan fingerprint density at radius 2 is 1.57 bits per heavy atom. The van der Waals surface area contributed by atoms with Gasteiger partial charge in [0.1, 0.15) is 17.6 Å². The molecule has 10 nitrogen and oxygen atoms in total. The Hall–Kier alpha value is -2.38. The lowest BCUT2D eigenvalue weighted by molar-refractivity contribution is -0.239. The van der Waals surface area contributed by atoms with Crippen LogP contribution >= 0.6 is 0 Å². The number of rotatable bonds is 5. The Balaban J connectivity index is 1.55. The van der Waals surface area contributed by atoms with Gasteiger partial charge in [0.15, 0.2) is 11.9 Å². The first-order valence-corrected chi connectivity index (χ1v) is 17.4. The highest BCUT2D eigenvalue weighted by atomic mass is 28.4. The zero-order chi connectivity index (χ0) is 31.8. The molecule has 7 rings (SSSR count). The van der Waals surface area contributed by atoms with E-state index in [1.54, 1.807) is 0 Å². The number of aryl methyl sites for hydroxylation is 1. The molecule has 0 radical (unpaired) electrons. The maximum Gasteiger partial charge on any atom is 0.471 e. The van der Waals surface area contributed by atoms with Crippen molar-refractivity contribution in [2.75, 3.05) is 19.8 Å². The van der Waals surface area contributed by atoms with E-state index < -0.39 is 61.4 Å². The van der Waals surface area contributed by atoms with Gasteiger partial charge >= 0.3 is 8.56 Å². The molecule has 4 aliphatic heterocycles. The third-order valence-corrected chi connectivity index (χ3v) is 15.4. The second kappa shape index (κ2) is 9.34. The van der Waals surface area contributed by atoms with Crippen LogP contribution in [-0.2, 0) is 32.0 Å². The van der Waals surface area contributed by atoms with Crippen LogP contribution in [0.5, 0.6) is 11.5 Å². The van der Waals surface area contributed by atoms with Crippen LogP contribution in [0.1, 0.15) is 93.1 Å². The summed E-state index contributed by atoms with van der Waals surface area (Å²) in [4.78, 5) is 27.6. The van der Waals surface area contributed by atoms with Crippen LogP contribution in [-0.4, -0.2) is 72.8 Å². The third-order valence-electron chi connectivity index (χ3n) is 10.5. The lowest BCUT2D eigenvalue weighted by atomic mass is 9.79. The number of ketones is 2. The standard InChI is InChI=1S/C33H42O10Si/c1-16-11-19-20(14-36)18-9-8-10-21(37)23(18)26-24(19)25(42-44(43-26,30(2,3)4)31(5,6)7)22(16)27-28-29(38)32(15-39-32)33(40-27,41-28)17(12-34)13-35/h11,17,27-28,34-36H,8-10,12-15H2,1-7H3. The molecule has 44 heavy (non-hydrogen) atoms. The Labute approximate surface area is 257 Å². The Bertz CT molecular complexity index is 1600. The number of epoxide rings is 1. The van der Waals surface area contributed by atoms with Gasteiger partial charge in [0.05, 0.1) is 43.3 Å². The highest BCUT2D eigenvalue weighted by Crippen LogP contribution is 2.65. The molecule has 3 saturated heterocycles. The summed E-state index contributed by atoms with van der Waals surface area (Å²) in [6.07, 6.45) is -0.245. The number of carbonyl (C=O) groups excluding carboxylic acids is 2. The second-order valence-electron chi connectivity index (χ2n) is 15.1. The van der Waals surface area contributed by atoms with Gasteiger partial charge in [-0.2, -0.15) is 0 Å². The Kier molecular flexibility index (Phi) is 6.43. The molecule has 4 unspecified atom stereocenters. The van der Waals surface area contributed by atoms with Gasteiger partial charge in [-0.15, -0.1) is 0 Å². The fraction of sp³-hybridized carbons (Fsp3) is 0.636. The molecular weight excluding hydrogens is 584 g/mol. The van der Waals surface area contributed by atoms with E-state index in [0.717, 1.165) is 16.5 Å². The topological polar surface area (TPSA) is 144 Å². The zero-order valence-corrected chi connectivity index (χ0v) is 27.5. The molecule has 3 N–H and O–H groups in total. The van der Waals surface area contributed by atoms with Gasteiger partial charge < -0.3 is 38.4 Å². The number of fused-ring (bicyclic) bond motifs is 5. The van der Waals surface area contributed by atoms with Crippen LogP contribution in [0.3, 0.4) is 0 Å². The van der Waals surface area contributed by atoms with Crippen molar-refractivity contribution in [1.29, 1.82) is 0 Å². The first-order chi connectivity index (χ1) is 20.6. The second-order valence-corrected chi connectivity index (χ2v) is 19.7. The van der Waals surface area contributed by atoms with E-state index in [2.05, 4.69) is 41.5 Å². The highest BCUT2D eigenvalue weighted by molar-refractivity contribution is 6.75. The predicted molar refractivity (Wildman–Crippen MR) is 161 cm³/mol. The molecule has 0 saturated carbocycles. The summed E-state index contributed by atoms with van der Waals surface area (Å²) in [6.45, 7) is 13.4. The molecule has 11 heteroatoms. The fourth-order valence-electron chi connectivity index (χ4n) is 8.51. The van der Waals surface area contributed by atoms with Crippen LogP contribution in [0.15, 0.2) is 6.07 Å². The third kappa shape index (κ3) is 3.52. The number of Topliss-reactive ketones (excluding diaryl/α,β-unsaturated/α-hetero) is 2. The zero-order valence-electron chi connectivity index (χ0n) is 26.5. The minimum Gasteiger partial charge on any atom is -0.510 e. The van der Waals surface area contributed by atoms with Crippen LogP contribution in [0.4, 0.5) is 0 Å². The van der Waals surface area contributed by atoms with Crippen LogP contribution < -0.4 is 8.85 Å².